The van der Waals surface area contributed by atoms with Gasteiger partial charge in [-0.05, 0) is 18.6 Å². The fourth-order valence-corrected chi connectivity index (χ4v) is 3.27. The lowest BCUT2D eigenvalue weighted by atomic mass is 10.1. The Morgan fingerprint density at radius 2 is 2.26 bits per heavy atom. The first-order chi connectivity index (χ1) is 13.2. The van der Waals surface area contributed by atoms with Crippen molar-refractivity contribution in [3.8, 4) is 17.1 Å². The number of aromatic nitrogens is 4. The fourth-order valence-electron chi connectivity index (χ4n) is 3.27. The third-order valence-corrected chi connectivity index (χ3v) is 4.72. The molecule has 8 nitrogen and oxygen atoms in total. The van der Waals surface area contributed by atoms with Crippen LogP contribution in [0.2, 0.25) is 0 Å². The maximum atomic E-state index is 12.4. The van der Waals surface area contributed by atoms with Crippen LogP contribution < -0.4 is 4.74 Å². The van der Waals surface area contributed by atoms with Crippen LogP contribution in [0.3, 0.4) is 0 Å². The number of methoxy groups -OCH3 is 1. The Labute approximate surface area is 156 Å². The first-order valence-electron chi connectivity index (χ1n) is 8.99. The van der Waals surface area contributed by atoms with Gasteiger partial charge in [0.05, 0.1) is 36.9 Å². The van der Waals surface area contributed by atoms with Crippen LogP contribution in [0.15, 0.2) is 35.1 Å². The molecule has 1 aliphatic rings. The number of hydrogen-bond acceptors (Lipinski definition) is 6. The number of rotatable bonds is 6. The molecular weight excluding hydrogens is 346 g/mol. The summed E-state index contributed by atoms with van der Waals surface area (Å²) < 4.78 is 10.7. The van der Waals surface area contributed by atoms with Gasteiger partial charge in [0, 0.05) is 25.8 Å². The number of amides is 1. The average molecular weight is 367 g/mol. The molecule has 0 saturated heterocycles. The lowest BCUT2D eigenvalue weighted by molar-refractivity contribution is -0.132. The van der Waals surface area contributed by atoms with Gasteiger partial charge in [-0.2, -0.15) is 4.98 Å². The summed E-state index contributed by atoms with van der Waals surface area (Å²) in [5, 5.41) is 4.03. The third-order valence-electron chi connectivity index (χ3n) is 4.72. The predicted molar refractivity (Wildman–Crippen MR) is 96.9 cm³/mol. The Morgan fingerprint density at radius 1 is 1.37 bits per heavy atom. The summed E-state index contributed by atoms with van der Waals surface area (Å²) >= 11 is 0. The highest BCUT2D eigenvalue weighted by Crippen LogP contribution is 2.27. The number of H-pyrrole nitrogens is 1. The second kappa shape index (κ2) is 7.61. The zero-order chi connectivity index (χ0) is 18.6. The number of ether oxygens (including phenoxy) is 1. The Bertz CT molecular complexity index is 933. The van der Waals surface area contributed by atoms with Crippen molar-refractivity contribution < 1.29 is 14.1 Å². The lowest BCUT2D eigenvalue weighted by Crippen LogP contribution is -2.35. The van der Waals surface area contributed by atoms with Crippen LogP contribution in [0.4, 0.5) is 0 Å². The summed E-state index contributed by atoms with van der Waals surface area (Å²) in [6.07, 6.45) is 4.18. The standard InChI is InChI=1S/C19H21N5O3/c1-26-16-6-3-2-5-13(16)19-22-17(27-23-19)7-4-8-18(25)24-10-9-14-15(11-24)21-12-20-14/h2-3,5-6,12H,4,7-11H2,1H3,(H,20,21). The van der Waals surface area contributed by atoms with E-state index >= 15 is 0 Å². The Morgan fingerprint density at radius 3 is 3.15 bits per heavy atom. The zero-order valence-corrected chi connectivity index (χ0v) is 15.1. The van der Waals surface area contributed by atoms with Crippen LogP contribution in [0, 0.1) is 0 Å². The Kier molecular flexibility index (Phi) is 4.86. The van der Waals surface area contributed by atoms with E-state index in [9.17, 15) is 4.79 Å². The van der Waals surface area contributed by atoms with Crippen molar-refractivity contribution in [3.05, 3.63) is 47.9 Å². The molecule has 1 aromatic carbocycles. The van der Waals surface area contributed by atoms with E-state index in [1.54, 1.807) is 13.4 Å². The van der Waals surface area contributed by atoms with Gasteiger partial charge in [-0.3, -0.25) is 4.79 Å². The van der Waals surface area contributed by atoms with E-state index in [-0.39, 0.29) is 5.91 Å². The van der Waals surface area contributed by atoms with E-state index in [0.29, 0.717) is 43.3 Å². The highest BCUT2D eigenvalue weighted by Gasteiger charge is 2.22. The molecule has 1 aliphatic heterocycles. The summed E-state index contributed by atoms with van der Waals surface area (Å²) in [5.74, 6) is 1.86. The maximum Gasteiger partial charge on any atom is 0.226 e. The number of carbonyl (C=O) groups is 1. The first-order valence-corrected chi connectivity index (χ1v) is 8.99. The van der Waals surface area contributed by atoms with Crippen molar-refractivity contribution in [3.63, 3.8) is 0 Å². The highest BCUT2D eigenvalue weighted by molar-refractivity contribution is 5.76. The van der Waals surface area contributed by atoms with Gasteiger partial charge in [0.2, 0.25) is 17.6 Å². The molecule has 0 aliphatic carbocycles. The molecule has 4 rings (SSSR count). The fraction of sp³-hybridized carbons (Fsp3) is 0.368. The van der Waals surface area contributed by atoms with E-state index in [2.05, 4.69) is 20.1 Å². The molecule has 0 spiro atoms. The van der Waals surface area contributed by atoms with E-state index in [1.807, 2.05) is 29.2 Å². The molecule has 0 unspecified atom stereocenters. The van der Waals surface area contributed by atoms with Gasteiger partial charge >= 0.3 is 0 Å². The van der Waals surface area contributed by atoms with E-state index in [1.165, 1.54) is 0 Å². The molecule has 0 saturated carbocycles. The number of nitrogens with one attached hydrogen (secondary N) is 1. The predicted octanol–water partition coefficient (Wildman–Crippen LogP) is 2.38. The van der Waals surface area contributed by atoms with Crippen LogP contribution in [0.25, 0.3) is 11.4 Å². The molecule has 2 aromatic heterocycles. The zero-order valence-electron chi connectivity index (χ0n) is 15.1. The van der Waals surface area contributed by atoms with E-state index < -0.39 is 0 Å². The number of carbonyl (C=O) groups excluding carboxylic acids is 1. The van der Waals surface area contributed by atoms with Gasteiger partial charge in [-0.25, -0.2) is 4.98 Å². The van der Waals surface area contributed by atoms with E-state index in [4.69, 9.17) is 9.26 Å². The SMILES string of the molecule is COc1ccccc1-c1noc(CCCC(=O)N2CCc3nc[nH]c3C2)n1. The number of aromatic amines is 1. The number of aryl methyl sites for hydroxylation is 1. The highest BCUT2D eigenvalue weighted by atomic mass is 16.5. The third kappa shape index (κ3) is 3.69. The molecule has 0 radical (unpaired) electrons. The molecule has 0 bridgehead atoms. The molecule has 3 heterocycles. The van der Waals surface area contributed by atoms with Crippen LogP contribution >= 0.6 is 0 Å². The van der Waals surface area contributed by atoms with Gasteiger partial charge in [-0.15, -0.1) is 0 Å². The summed E-state index contributed by atoms with van der Waals surface area (Å²) in [6.45, 7) is 1.32. The Hall–Kier alpha value is -3.16. The van der Waals surface area contributed by atoms with Crippen molar-refractivity contribution in [1.82, 2.24) is 25.0 Å². The molecule has 8 heteroatoms. The lowest BCUT2D eigenvalue weighted by Gasteiger charge is -2.26. The van der Waals surface area contributed by atoms with Crippen molar-refractivity contribution in [2.45, 2.75) is 32.2 Å². The Balaban J connectivity index is 1.31. The minimum absolute atomic E-state index is 0.139. The van der Waals surface area contributed by atoms with Crippen LogP contribution in [-0.2, 0) is 24.2 Å². The van der Waals surface area contributed by atoms with Crippen LogP contribution in [0.1, 0.15) is 30.1 Å². The maximum absolute atomic E-state index is 12.4. The van der Waals surface area contributed by atoms with Gasteiger partial charge in [-0.1, -0.05) is 17.3 Å². The average Bonchev–Trinajstić information content (AvgIpc) is 3.36. The van der Waals surface area contributed by atoms with Crippen molar-refractivity contribution in [2.24, 2.45) is 0 Å². The smallest absolute Gasteiger partial charge is 0.226 e. The van der Waals surface area contributed by atoms with Gasteiger partial charge in [0.15, 0.2) is 0 Å². The molecule has 0 fully saturated rings. The van der Waals surface area contributed by atoms with Crippen molar-refractivity contribution in [1.29, 1.82) is 0 Å². The number of para-hydroxylation sites is 1. The quantitative estimate of drug-likeness (QED) is 0.718. The molecule has 0 atom stereocenters. The van der Waals surface area contributed by atoms with Gasteiger partial charge in [0.25, 0.3) is 0 Å². The molecule has 3 aromatic rings. The summed E-state index contributed by atoms with van der Waals surface area (Å²) in [7, 11) is 1.61. The monoisotopic (exact) mass is 367 g/mol. The normalized spacial score (nSPS) is 13.4. The number of hydrogen-bond donors (Lipinski definition) is 1. The number of benzene rings is 1. The first kappa shape index (κ1) is 17.3. The second-order valence-corrected chi connectivity index (χ2v) is 6.46. The summed E-state index contributed by atoms with van der Waals surface area (Å²) in [6, 6.07) is 7.53. The number of fused-ring (bicyclic) bond motifs is 1. The second-order valence-electron chi connectivity index (χ2n) is 6.46. The number of nitrogens with zero attached hydrogens (tertiary/aromatic N) is 4. The minimum atomic E-state index is 0.139. The molecule has 140 valence electrons. The topological polar surface area (TPSA) is 97.1 Å². The van der Waals surface area contributed by atoms with Gasteiger partial charge < -0.3 is 19.1 Å². The van der Waals surface area contributed by atoms with Crippen molar-refractivity contribution in [2.75, 3.05) is 13.7 Å². The summed E-state index contributed by atoms with van der Waals surface area (Å²) in [5.41, 5.74) is 2.89. The van der Waals surface area contributed by atoms with Crippen molar-refractivity contribution >= 4 is 5.91 Å². The number of imidazole rings is 1. The molecule has 27 heavy (non-hydrogen) atoms. The summed E-state index contributed by atoms with van der Waals surface area (Å²) in [4.78, 5) is 26.1. The van der Waals surface area contributed by atoms with Crippen LogP contribution in [0.5, 0.6) is 5.75 Å². The van der Waals surface area contributed by atoms with E-state index in [0.717, 1.165) is 29.9 Å². The van der Waals surface area contributed by atoms with Crippen LogP contribution in [-0.4, -0.2) is 44.6 Å². The molecule has 1 amide bonds. The largest absolute Gasteiger partial charge is 0.496 e. The van der Waals surface area contributed by atoms with Gasteiger partial charge in [0.1, 0.15) is 5.75 Å². The minimum Gasteiger partial charge on any atom is -0.496 e. The molecular formula is C19H21N5O3. The molecule has 1 N–H and O–H groups in total.